The van der Waals surface area contributed by atoms with Crippen LogP contribution >= 0.6 is 0 Å². The Labute approximate surface area is 184 Å². The molecule has 0 saturated carbocycles. The van der Waals surface area contributed by atoms with Gasteiger partial charge >= 0.3 is 0 Å². The number of methoxy groups -OCH3 is 1. The van der Waals surface area contributed by atoms with Crippen molar-refractivity contribution in [2.75, 3.05) is 51.9 Å². The molecular weight excluding hydrogens is 392 g/mol. The molecule has 0 aliphatic carbocycles. The van der Waals surface area contributed by atoms with Gasteiger partial charge in [-0.1, -0.05) is 19.4 Å². The van der Waals surface area contributed by atoms with E-state index in [2.05, 4.69) is 56.7 Å². The molecule has 9 heteroatoms. The molecule has 0 fully saturated rings. The summed E-state index contributed by atoms with van der Waals surface area (Å²) in [5.74, 6) is 1.80. The first-order valence-corrected chi connectivity index (χ1v) is 10.8. The lowest BCUT2D eigenvalue weighted by Gasteiger charge is -2.18. The van der Waals surface area contributed by atoms with Crippen LogP contribution in [0.2, 0.25) is 0 Å². The van der Waals surface area contributed by atoms with E-state index in [1.807, 2.05) is 17.8 Å². The third kappa shape index (κ3) is 5.83. The zero-order chi connectivity index (χ0) is 22.2. The van der Waals surface area contributed by atoms with Crippen LogP contribution in [0.3, 0.4) is 0 Å². The lowest BCUT2D eigenvalue weighted by molar-refractivity contribution is 0.327. The number of likely N-dealkylation sites (N-methyl/N-ethyl adjacent to an activating group) is 2. The van der Waals surface area contributed by atoms with Gasteiger partial charge in [-0.2, -0.15) is 10.1 Å². The van der Waals surface area contributed by atoms with Crippen molar-refractivity contribution in [1.29, 1.82) is 0 Å². The van der Waals surface area contributed by atoms with E-state index < -0.39 is 0 Å². The summed E-state index contributed by atoms with van der Waals surface area (Å²) in [4.78, 5) is 11.1. The van der Waals surface area contributed by atoms with Gasteiger partial charge in [0.25, 0.3) is 0 Å². The molecule has 0 atom stereocenters. The maximum atomic E-state index is 5.91. The van der Waals surface area contributed by atoms with Crippen LogP contribution in [0.25, 0.3) is 11.0 Å². The van der Waals surface area contributed by atoms with E-state index in [0.29, 0.717) is 6.54 Å². The Bertz CT molecular complexity index is 987. The molecule has 3 rings (SSSR count). The number of ether oxygens (including phenoxy) is 1. The number of aromatic nitrogens is 4. The zero-order valence-electron chi connectivity index (χ0n) is 19.0. The average molecular weight is 427 g/mol. The molecule has 0 aliphatic rings. The van der Waals surface area contributed by atoms with Crippen molar-refractivity contribution < 1.29 is 4.74 Å². The van der Waals surface area contributed by atoms with E-state index in [1.165, 1.54) is 5.56 Å². The molecule has 9 nitrogen and oxygen atoms in total. The van der Waals surface area contributed by atoms with E-state index in [0.717, 1.165) is 67.2 Å². The fourth-order valence-corrected chi connectivity index (χ4v) is 3.55. The monoisotopic (exact) mass is 426 g/mol. The van der Waals surface area contributed by atoms with Gasteiger partial charge in [0, 0.05) is 31.7 Å². The van der Waals surface area contributed by atoms with Crippen LogP contribution in [0.1, 0.15) is 30.9 Å². The van der Waals surface area contributed by atoms with Gasteiger partial charge in [0.05, 0.1) is 19.9 Å². The Morgan fingerprint density at radius 1 is 1.23 bits per heavy atom. The third-order valence-electron chi connectivity index (χ3n) is 5.19. The zero-order valence-corrected chi connectivity index (χ0v) is 19.0. The summed E-state index contributed by atoms with van der Waals surface area (Å²) in [6.45, 7) is 6.33. The molecule has 168 valence electrons. The Hall–Kier alpha value is -2.91. The Morgan fingerprint density at radius 3 is 2.81 bits per heavy atom. The maximum Gasteiger partial charge on any atom is 0.222 e. The molecule has 0 amide bonds. The van der Waals surface area contributed by atoms with E-state index in [-0.39, 0.29) is 5.95 Å². The molecule has 0 unspecified atom stereocenters. The molecule has 31 heavy (non-hydrogen) atoms. The molecule has 0 saturated heterocycles. The van der Waals surface area contributed by atoms with Gasteiger partial charge in [-0.25, -0.2) is 4.98 Å². The highest BCUT2D eigenvalue weighted by Gasteiger charge is 2.15. The van der Waals surface area contributed by atoms with Crippen molar-refractivity contribution in [3.05, 3.63) is 35.5 Å². The van der Waals surface area contributed by atoms with Crippen molar-refractivity contribution in [3.63, 3.8) is 0 Å². The molecule has 2 aromatic heterocycles. The van der Waals surface area contributed by atoms with Gasteiger partial charge in [0.1, 0.15) is 16.8 Å². The molecule has 0 aliphatic heterocycles. The summed E-state index contributed by atoms with van der Waals surface area (Å²) < 4.78 is 7.54. The summed E-state index contributed by atoms with van der Waals surface area (Å²) in [6, 6.07) is 6.32. The summed E-state index contributed by atoms with van der Waals surface area (Å²) >= 11 is 0. The largest absolute Gasteiger partial charge is 0.496 e. The molecule has 0 spiro atoms. The number of unbranched alkanes of at least 4 members (excludes halogenated alkanes) is 1. The number of rotatable bonds is 12. The number of nitrogens with two attached hydrogens (primary N) is 1. The fraction of sp³-hybridized carbons (Fsp3) is 0.500. The highest BCUT2D eigenvalue weighted by Crippen LogP contribution is 2.26. The lowest BCUT2D eigenvalue weighted by atomic mass is 10.1. The Morgan fingerprint density at radius 2 is 2.06 bits per heavy atom. The molecule has 0 radical (unpaired) electrons. The van der Waals surface area contributed by atoms with Crippen LogP contribution in [0.4, 0.5) is 11.8 Å². The molecule has 0 bridgehead atoms. The van der Waals surface area contributed by atoms with Crippen molar-refractivity contribution in [3.8, 4) is 5.75 Å². The summed E-state index contributed by atoms with van der Waals surface area (Å²) in [6.07, 6.45) is 3.89. The smallest absolute Gasteiger partial charge is 0.222 e. The van der Waals surface area contributed by atoms with Gasteiger partial charge < -0.3 is 26.0 Å². The van der Waals surface area contributed by atoms with Crippen molar-refractivity contribution in [2.45, 2.75) is 32.9 Å². The highest BCUT2D eigenvalue weighted by atomic mass is 16.5. The maximum absolute atomic E-state index is 5.91. The minimum Gasteiger partial charge on any atom is -0.496 e. The predicted octanol–water partition coefficient (Wildman–Crippen LogP) is 2.33. The normalized spacial score (nSPS) is 11.4. The van der Waals surface area contributed by atoms with Crippen LogP contribution in [-0.4, -0.2) is 65.5 Å². The predicted molar refractivity (Wildman–Crippen MR) is 125 cm³/mol. The van der Waals surface area contributed by atoms with Crippen LogP contribution in [-0.2, 0) is 13.1 Å². The number of fused-ring (bicyclic) bond motifs is 1. The Kier molecular flexibility index (Phi) is 8.02. The number of benzene rings is 1. The van der Waals surface area contributed by atoms with Gasteiger partial charge in [-0.3, -0.25) is 4.68 Å². The average Bonchev–Trinajstić information content (AvgIpc) is 3.15. The Balaban J connectivity index is 1.89. The number of hydrogen-bond acceptors (Lipinski definition) is 8. The second-order valence-corrected chi connectivity index (χ2v) is 7.73. The quantitative estimate of drug-likeness (QED) is 0.379. The molecule has 2 heterocycles. The first-order valence-electron chi connectivity index (χ1n) is 10.8. The lowest BCUT2D eigenvalue weighted by Crippen LogP contribution is -2.27. The van der Waals surface area contributed by atoms with Gasteiger partial charge in [0.15, 0.2) is 5.82 Å². The van der Waals surface area contributed by atoms with Crippen LogP contribution in [0.15, 0.2) is 24.4 Å². The third-order valence-corrected chi connectivity index (χ3v) is 5.19. The van der Waals surface area contributed by atoms with Gasteiger partial charge in [-0.05, 0) is 38.2 Å². The van der Waals surface area contributed by atoms with Crippen LogP contribution in [0.5, 0.6) is 5.75 Å². The van der Waals surface area contributed by atoms with Crippen molar-refractivity contribution >= 4 is 22.8 Å². The standard InChI is InChI=1S/C22H34N8O/c1-5-6-9-25-21-20-18(27-22(23)28-21)13-26-30(20)15-17-12-16(7-8-19(17)31-4)14-29(3)11-10-24-2/h7-8,12-13,24H,5-6,9-11,14-15H2,1-4H3,(H3,23,25,27,28). The number of nitrogen functional groups attached to an aromatic ring is 1. The number of hydrogen-bond donors (Lipinski definition) is 3. The second kappa shape index (κ2) is 10.9. The first-order chi connectivity index (χ1) is 15.0. The van der Waals surface area contributed by atoms with Crippen molar-refractivity contribution in [2.24, 2.45) is 0 Å². The van der Waals surface area contributed by atoms with Crippen LogP contribution in [0, 0.1) is 0 Å². The molecule has 4 N–H and O–H groups in total. The molecule has 3 aromatic rings. The number of anilines is 2. The molecule has 1 aromatic carbocycles. The fourth-order valence-electron chi connectivity index (χ4n) is 3.55. The van der Waals surface area contributed by atoms with E-state index in [9.17, 15) is 0 Å². The van der Waals surface area contributed by atoms with Gasteiger partial charge in [0.2, 0.25) is 5.95 Å². The number of nitrogens with one attached hydrogen (secondary N) is 2. The van der Waals surface area contributed by atoms with Crippen LogP contribution < -0.4 is 21.1 Å². The summed E-state index contributed by atoms with van der Waals surface area (Å²) in [5, 5.41) is 11.2. The highest BCUT2D eigenvalue weighted by molar-refractivity contribution is 5.86. The van der Waals surface area contributed by atoms with E-state index in [4.69, 9.17) is 10.5 Å². The minimum atomic E-state index is 0.246. The first kappa shape index (κ1) is 22.8. The van der Waals surface area contributed by atoms with E-state index >= 15 is 0 Å². The SMILES string of the molecule is CCCCNc1nc(N)nc2cnn(Cc3cc(CN(C)CCNC)ccc3OC)c12. The van der Waals surface area contributed by atoms with E-state index in [1.54, 1.807) is 13.3 Å². The molecular formula is C22H34N8O. The topological polar surface area (TPSA) is 106 Å². The summed E-state index contributed by atoms with van der Waals surface area (Å²) in [5.41, 5.74) is 9.78. The van der Waals surface area contributed by atoms with Crippen molar-refractivity contribution in [1.82, 2.24) is 30.0 Å². The van der Waals surface area contributed by atoms with Gasteiger partial charge in [-0.15, -0.1) is 0 Å². The number of nitrogens with zero attached hydrogens (tertiary/aromatic N) is 5. The minimum absolute atomic E-state index is 0.246. The summed E-state index contributed by atoms with van der Waals surface area (Å²) in [7, 11) is 5.79. The second-order valence-electron chi connectivity index (χ2n) is 7.73.